The minimum absolute atomic E-state index is 0. The maximum absolute atomic E-state index is 4.36. The van der Waals surface area contributed by atoms with Crippen LogP contribution in [-0.4, -0.2) is 39.3 Å². The van der Waals surface area contributed by atoms with Crippen molar-refractivity contribution in [1.82, 2.24) is 25.0 Å². The fourth-order valence-electron chi connectivity index (χ4n) is 2.75. The van der Waals surface area contributed by atoms with Crippen LogP contribution in [0.15, 0.2) is 36.9 Å². The van der Waals surface area contributed by atoms with E-state index in [1.54, 1.807) is 0 Å². The molecule has 5 nitrogen and oxygen atoms in total. The SMILES string of the molecule is CCn1cc(CN2CCNCC2c2ccncc2)cn1.Cl. The number of nitrogens with zero attached hydrogens (tertiary/aromatic N) is 4. The summed E-state index contributed by atoms with van der Waals surface area (Å²) in [6.45, 7) is 7.09. The fourth-order valence-corrected chi connectivity index (χ4v) is 2.75. The van der Waals surface area contributed by atoms with Crippen LogP contribution < -0.4 is 5.32 Å². The molecule has 2 aromatic heterocycles. The molecule has 2 aromatic rings. The van der Waals surface area contributed by atoms with Crippen molar-refractivity contribution in [3.63, 3.8) is 0 Å². The second kappa shape index (κ2) is 7.54. The molecule has 0 aromatic carbocycles. The number of nitrogens with one attached hydrogen (secondary N) is 1. The maximum atomic E-state index is 4.36. The fraction of sp³-hybridized carbons (Fsp3) is 0.467. The largest absolute Gasteiger partial charge is 0.314 e. The van der Waals surface area contributed by atoms with Crippen molar-refractivity contribution in [2.75, 3.05) is 19.6 Å². The summed E-state index contributed by atoms with van der Waals surface area (Å²) in [5.41, 5.74) is 2.61. The molecule has 1 unspecified atom stereocenters. The molecule has 3 rings (SSSR count). The zero-order valence-corrected chi connectivity index (χ0v) is 13.1. The number of halogens is 1. The quantitative estimate of drug-likeness (QED) is 0.936. The van der Waals surface area contributed by atoms with Crippen molar-refractivity contribution >= 4 is 12.4 Å². The van der Waals surface area contributed by atoms with E-state index in [2.05, 4.69) is 45.6 Å². The van der Waals surface area contributed by atoms with E-state index in [-0.39, 0.29) is 12.4 Å². The van der Waals surface area contributed by atoms with Crippen LogP contribution >= 0.6 is 12.4 Å². The number of hydrogen-bond donors (Lipinski definition) is 1. The van der Waals surface area contributed by atoms with E-state index < -0.39 is 0 Å². The molecular formula is C15H22ClN5. The van der Waals surface area contributed by atoms with Crippen LogP contribution in [0.1, 0.15) is 24.1 Å². The van der Waals surface area contributed by atoms with E-state index in [0.29, 0.717) is 6.04 Å². The molecule has 6 heteroatoms. The van der Waals surface area contributed by atoms with Gasteiger partial charge in [-0.1, -0.05) is 0 Å². The van der Waals surface area contributed by atoms with Gasteiger partial charge in [0, 0.05) is 62.9 Å². The van der Waals surface area contributed by atoms with Gasteiger partial charge in [-0.05, 0) is 24.6 Å². The summed E-state index contributed by atoms with van der Waals surface area (Å²) in [4.78, 5) is 6.63. The van der Waals surface area contributed by atoms with Crippen LogP contribution in [0.25, 0.3) is 0 Å². The van der Waals surface area contributed by atoms with Gasteiger partial charge >= 0.3 is 0 Å². The molecular weight excluding hydrogens is 286 g/mol. The number of hydrogen-bond acceptors (Lipinski definition) is 4. The third-order valence-electron chi connectivity index (χ3n) is 3.84. The maximum Gasteiger partial charge on any atom is 0.0534 e. The summed E-state index contributed by atoms with van der Waals surface area (Å²) in [6.07, 6.45) is 7.87. The van der Waals surface area contributed by atoms with Crippen molar-refractivity contribution < 1.29 is 0 Å². The summed E-state index contributed by atoms with van der Waals surface area (Å²) >= 11 is 0. The monoisotopic (exact) mass is 307 g/mol. The van der Waals surface area contributed by atoms with Gasteiger partial charge in [-0.3, -0.25) is 14.6 Å². The second-order valence-electron chi connectivity index (χ2n) is 5.18. The summed E-state index contributed by atoms with van der Waals surface area (Å²) in [5, 5.41) is 7.84. The molecule has 1 atom stereocenters. The van der Waals surface area contributed by atoms with Gasteiger partial charge in [0.2, 0.25) is 0 Å². The molecule has 3 heterocycles. The number of pyridine rings is 1. The van der Waals surface area contributed by atoms with Gasteiger partial charge in [0.25, 0.3) is 0 Å². The summed E-state index contributed by atoms with van der Waals surface area (Å²) in [6, 6.07) is 4.64. The third kappa shape index (κ3) is 3.81. The van der Waals surface area contributed by atoms with Gasteiger partial charge in [0.15, 0.2) is 0 Å². The Labute approximate surface area is 131 Å². The van der Waals surface area contributed by atoms with Crippen LogP contribution in [0, 0.1) is 0 Å². The standard InChI is InChI=1S/C15H21N5.ClH/c1-2-20-12-13(9-18-20)11-19-8-7-17-10-15(19)14-3-5-16-6-4-14;/h3-6,9,12,15,17H,2,7-8,10-11H2,1H3;1H. The van der Waals surface area contributed by atoms with Gasteiger partial charge in [0.1, 0.15) is 0 Å². The zero-order valence-electron chi connectivity index (χ0n) is 12.3. The van der Waals surface area contributed by atoms with Crippen LogP contribution in [-0.2, 0) is 13.1 Å². The van der Waals surface area contributed by atoms with E-state index in [1.807, 2.05) is 23.3 Å². The normalized spacial score (nSPS) is 19.2. The number of rotatable bonds is 4. The molecule has 1 aliphatic heterocycles. The minimum atomic E-state index is 0. The summed E-state index contributed by atoms with van der Waals surface area (Å²) < 4.78 is 1.99. The molecule has 0 spiro atoms. The van der Waals surface area contributed by atoms with Crippen molar-refractivity contribution in [3.8, 4) is 0 Å². The molecule has 114 valence electrons. The lowest BCUT2D eigenvalue weighted by molar-refractivity contribution is 0.153. The first-order valence-electron chi connectivity index (χ1n) is 7.23. The lowest BCUT2D eigenvalue weighted by Crippen LogP contribution is -2.45. The van der Waals surface area contributed by atoms with Gasteiger partial charge < -0.3 is 5.32 Å². The molecule has 21 heavy (non-hydrogen) atoms. The van der Waals surface area contributed by atoms with Crippen molar-refractivity contribution in [1.29, 1.82) is 0 Å². The van der Waals surface area contributed by atoms with Crippen LogP contribution in [0.5, 0.6) is 0 Å². The molecule has 0 radical (unpaired) electrons. The van der Waals surface area contributed by atoms with E-state index in [4.69, 9.17) is 0 Å². The molecule has 0 saturated carbocycles. The highest BCUT2D eigenvalue weighted by atomic mass is 35.5. The van der Waals surface area contributed by atoms with Gasteiger partial charge in [-0.2, -0.15) is 5.10 Å². The average Bonchev–Trinajstić information content (AvgIpc) is 2.96. The van der Waals surface area contributed by atoms with Gasteiger partial charge in [0.05, 0.1) is 6.20 Å². The molecule has 1 saturated heterocycles. The number of piperazine rings is 1. The lowest BCUT2D eigenvalue weighted by Gasteiger charge is -2.36. The predicted octanol–water partition coefficient (Wildman–Crippen LogP) is 1.87. The summed E-state index contributed by atoms with van der Waals surface area (Å²) in [5.74, 6) is 0. The zero-order chi connectivity index (χ0) is 13.8. The smallest absolute Gasteiger partial charge is 0.0534 e. The topological polar surface area (TPSA) is 46.0 Å². The number of aryl methyl sites for hydroxylation is 1. The molecule has 1 N–H and O–H groups in total. The van der Waals surface area contributed by atoms with Crippen LogP contribution in [0.4, 0.5) is 0 Å². The Morgan fingerprint density at radius 1 is 1.33 bits per heavy atom. The third-order valence-corrected chi connectivity index (χ3v) is 3.84. The van der Waals surface area contributed by atoms with Gasteiger partial charge in [-0.25, -0.2) is 0 Å². The molecule has 1 aliphatic rings. The van der Waals surface area contributed by atoms with E-state index in [9.17, 15) is 0 Å². The highest BCUT2D eigenvalue weighted by Crippen LogP contribution is 2.23. The van der Waals surface area contributed by atoms with Crippen molar-refractivity contribution in [2.24, 2.45) is 0 Å². The van der Waals surface area contributed by atoms with Crippen molar-refractivity contribution in [2.45, 2.75) is 26.1 Å². The first kappa shape index (κ1) is 15.9. The minimum Gasteiger partial charge on any atom is -0.314 e. The van der Waals surface area contributed by atoms with E-state index >= 15 is 0 Å². The summed E-state index contributed by atoms with van der Waals surface area (Å²) in [7, 11) is 0. The Balaban J connectivity index is 0.00000161. The highest BCUT2D eigenvalue weighted by Gasteiger charge is 2.23. The Hall–Kier alpha value is -1.43. The highest BCUT2D eigenvalue weighted by molar-refractivity contribution is 5.85. The average molecular weight is 308 g/mol. The van der Waals surface area contributed by atoms with E-state index in [1.165, 1.54) is 11.1 Å². The first-order valence-corrected chi connectivity index (χ1v) is 7.23. The van der Waals surface area contributed by atoms with Gasteiger partial charge in [-0.15, -0.1) is 12.4 Å². The Morgan fingerprint density at radius 3 is 2.86 bits per heavy atom. The molecule has 1 fully saturated rings. The number of aromatic nitrogens is 3. The lowest BCUT2D eigenvalue weighted by atomic mass is 10.0. The molecule has 0 bridgehead atoms. The molecule has 0 aliphatic carbocycles. The Kier molecular flexibility index (Phi) is 5.73. The molecule has 0 amide bonds. The van der Waals surface area contributed by atoms with Crippen molar-refractivity contribution in [3.05, 3.63) is 48.0 Å². The predicted molar refractivity (Wildman–Crippen MR) is 85.4 cm³/mol. The van der Waals surface area contributed by atoms with E-state index in [0.717, 1.165) is 32.7 Å². The Bertz CT molecular complexity index is 542. The Morgan fingerprint density at radius 2 is 2.14 bits per heavy atom. The van der Waals surface area contributed by atoms with Crippen LogP contribution in [0.3, 0.4) is 0 Å². The second-order valence-corrected chi connectivity index (χ2v) is 5.18. The first-order chi connectivity index (χ1) is 9.86. The van der Waals surface area contributed by atoms with Crippen LogP contribution in [0.2, 0.25) is 0 Å².